The van der Waals surface area contributed by atoms with Crippen molar-refractivity contribution in [2.45, 2.75) is 31.1 Å². The Bertz CT molecular complexity index is 965. The Labute approximate surface area is 171 Å². The van der Waals surface area contributed by atoms with E-state index in [9.17, 15) is 9.59 Å². The summed E-state index contributed by atoms with van der Waals surface area (Å²) in [4.78, 5) is 26.5. The number of hydrazine groups is 1. The number of ketones is 1. The number of Topliss-reactive ketones (excluding diaryl/α,β-unsaturated/α-hetero) is 1. The first-order valence-corrected chi connectivity index (χ1v) is 9.95. The second kappa shape index (κ2) is 7.84. The summed E-state index contributed by atoms with van der Waals surface area (Å²) in [5, 5.41) is 3.49. The summed E-state index contributed by atoms with van der Waals surface area (Å²) in [6, 6.07) is 17.8. The van der Waals surface area contributed by atoms with Crippen LogP contribution in [0, 0.1) is 0 Å². The van der Waals surface area contributed by atoms with Crippen LogP contribution in [0.5, 0.6) is 5.75 Å². The lowest BCUT2D eigenvalue weighted by atomic mass is 9.73. The van der Waals surface area contributed by atoms with Gasteiger partial charge >= 0.3 is 0 Å². The number of benzene rings is 2. The zero-order chi connectivity index (χ0) is 20.5. The molecule has 4 rings (SSSR count). The monoisotopic (exact) mass is 390 g/mol. The quantitative estimate of drug-likeness (QED) is 0.795. The van der Waals surface area contributed by atoms with Gasteiger partial charge in [0.05, 0.1) is 7.11 Å². The van der Waals surface area contributed by atoms with Crippen molar-refractivity contribution in [2.75, 3.05) is 21.2 Å². The Morgan fingerprint density at radius 1 is 0.931 bits per heavy atom. The molecule has 150 valence electrons. The fraction of sp³-hybridized carbons (Fsp3) is 0.333. The molecule has 1 aliphatic heterocycles. The molecule has 2 aromatic rings. The van der Waals surface area contributed by atoms with E-state index < -0.39 is 0 Å². The van der Waals surface area contributed by atoms with E-state index >= 15 is 0 Å². The van der Waals surface area contributed by atoms with Crippen molar-refractivity contribution < 1.29 is 14.3 Å². The standard InChI is InChI=1S/C24H26N2O3/c1-25(2)26-21-13-18(16-8-5-4-6-9-16)14-22(27)24(21)20(15-23(26)28)17-10-7-11-19(12-17)29-3/h4-12,18,20H,13-15H2,1-3H3/t18-,20+/m0/s1. The summed E-state index contributed by atoms with van der Waals surface area (Å²) in [5.41, 5.74) is 3.71. The molecule has 29 heavy (non-hydrogen) atoms. The van der Waals surface area contributed by atoms with Gasteiger partial charge in [0.25, 0.3) is 0 Å². The van der Waals surface area contributed by atoms with Crippen LogP contribution in [-0.2, 0) is 9.59 Å². The zero-order valence-electron chi connectivity index (χ0n) is 17.1. The largest absolute Gasteiger partial charge is 0.497 e. The molecule has 0 bridgehead atoms. The highest BCUT2D eigenvalue weighted by Crippen LogP contribution is 2.46. The van der Waals surface area contributed by atoms with Crippen molar-refractivity contribution in [1.29, 1.82) is 0 Å². The van der Waals surface area contributed by atoms with Crippen LogP contribution < -0.4 is 4.74 Å². The van der Waals surface area contributed by atoms with E-state index in [4.69, 9.17) is 4.74 Å². The molecule has 1 amide bonds. The maximum Gasteiger partial charge on any atom is 0.242 e. The number of amides is 1. The maximum atomic E-state index is 13.4. The third-order valence-corrected chi connectivity index (χ3v) is 5.87. The van der Waals surface area contributed by atoms with Gasteiger partial charge in [-0.05, 0) is 35.6 Å². The Kier molecular flexibility index (Phi) is 5.24. The Balaban J connectivity index is 1.81. The molecular weight excluding hydrogens is 364 g/mol. The SMILES string of the molecule is COc1cccc([C@H]2CC(=O)N(N(C)C)C3=C2C(=O)C[C@@H](c2ccccc2)C3)c1. The Morgan fingerprint density at radius 3 is 2.34 bits per heavy atom. The molecule has 2 aliphatic rings. The van der Waals surface area contributed by atoms with Gasteiger partial charge in [-0.1, -0.05) is 42.5 Å². The first-order valence-electron chi connectivity index (χ1n) is 9.95. The summed E-state index contributed by atoms with van der Waals surface area (Å²) in [6.07, 6.45) is 1.43. The fourth-order valence-electron chi connectivity index (χ4n) is 4.59. The van der Waals surface area contributed by atoms with Crippen molar-refractivity contribution in [1.82, 2.24) is 10.0 Å². The number of rotatable bonds is 4. The Hall–Kier alpha value is -2.92. The van der Waals surface area contributed by atoms with E-state index in [1.807, 2.05) is 56.6 Å². The molecule has 0 unspecified atom stereocenters. The summed E-state index contributed by atoms with van der Waals surface area (Å²) in [5.74, 6) is 0.739. The van der Waals surface area contributed by atoms with E-state index in [2.05, 4.69) is 12.1 Å². The zero-order valence-corrected chi connectivity index (χ0v) is 17.1. The predicted octanol–water partition coefficient (Wildman–Crippen LogP) is 3.89. The van der Waals surface area contributed by atoms with Gasteiger partial charge in [-0.2, -0.15) is 0 Å². The molecule has 5 nitrogen and oxygen atoms in total. The number of hydrogen-bond acceptors (Lipinski definition) is 4. The van der Waals surface area contributed by atoms with Crippen LogP contribution in [0.2, 0.25) is 0 Å². The van der Waals surface area contributed by atoms with E-state index in [0.29, 0.717) is 12.8 Å². The van der Waals surface area contributed by atoms with Crippen molar-refractivity contribution in [3.63, 3.8) is 0 Å². The van der Waals surface area contributed by atoms with Crippen LogP contribution in [-0.4, -0.2) is 42.9 Å². The van der Waals surface area contributed by atoms with Crippen molar-refractivity contribution in [2.24, 2.45) is 0 Å². The first kappa shape index (κ1) is 19.4. The van der Waals surface area contributed by atoms with Crippen LogP contribution in [0.25, 0.3) is 0 Å². The number of methoxy groups -OCH3 is 1. The average molecular weight is 390 g/mol. The number of carbonyl (C=O) groups is 2. The van der Waals surface area contributed by atoms with Crippen molar-refractivity contribution in [3.05, 3.63) is 77.0 Å². The molecule has 5 heteroatoms. The molecule has 2 atom stereocenters. The third-order valence-electron chi connectivity index (χ3n) is 5.87. The highest BCUT2D eigenvalue weighted by molar-refractivity contribution is 6.02. The van der Waals surface area contributed by atoms with Crippen molar-refractivity contribution >= 4 is 11.7 Å². The van der Waals surface area contributed by atoms with Crippen LogP contribution >= 0.6 is 0 Å². The minimum atomic E-state index is -0.229. The molecule has 0 spiro atoms. The second-order valence-electron chi connectivity index (χ2n) is 7.89. The van der Waals surface area contributed by atoms with Gasteiger partial charge in [-0.25, -0.2) is 10.0 Å². The first-order chi connectivity index (χ1) is 14.0. The van der Waals surface area contributed by atoms with Gasteiger partial charge in [0, 0.05) is 44.1 Å². The number of carbonyl (C=O) groups excluding carboxylic acids is 2. The minimum absolute atomic E-state index is 0.0167. The molecule has 0 aromatic heterocycles. The topological polar surface area (TPSA) is 49.9 Å². The average Bonchev–Trinajstić information content (AvgIpc) is 2.73. The van der Waals surface area contributed by atoms with Gasteiger partial charge in [0.1, 0.15) is 5.75 Å². The molecule has 0 saturated heterocycles. The molecule has 0 saturated carbocycles. The van der Waals surface area contributed by atoms with Crippen molar-refractivity contribution in [3.8, 4) is 5.75 Å². The fourth-order valence-corrected chi connectivity index (χ4v) is 4.59. The van der Waals surface area contributed by atoms with Gasteiger partial charge in [-0.3, -0.25) is 9.59 Å². The minimum Gasteiger partial charge on any atom is -0.497 e. The molecule has 1 aliphatic carbocycles. The number of nitrogens with zero attached hydrogens (tertiary/aromatic N) is 2. The molecule has 0 N–H and O–H groups in total. The lowest BCUT2D eigenvalue weighted by molar-refractivity contribution is -0.143. The van der Waals surface area contributed by atoms with E-state index in [-0.39, 0.29) is 29.9 Å². The van der Waals surface area contributed by atoms with Crippen LogP contribution in [0.4, 0.5) is 0 Å². The number of hydrogen-bond donors (Lipinski definition) is 0. The normalized spacial score (nSPS) is 22.1. The lowest BCUT2D eigenvalue weighted by Crippen LogP contribution is -2.47. The predicted molar refractivity (Wildman–Crippen MR) is 111 cm³/mol. The molecule has 2 aromatic carbocycles. The number of ether oxygens (including phenoxy) is 1. The number of allylic oxidation sites excluding steroid dienone is 2. The third kappa shape index (κ3) is 3.58. The highest BCUT2D eigenvalue weighted by Gasteiger charge is 2.42. The van der Waals surface area contributed by atoms with Gasteiger partial charge in [-0.15, -0.1) is 0 Å². The van der Waals surface area contributed by atoms with E-state index in [1.54, 1.807) is 17.1 Å². The van der Waals surface area contributed by atoms with Gasteiger partial charge in [0.15, 0.2) is 5.78 Å². The summed E-state index contributed by atoms with van der Waals surface area (Å²) < 4.78 is 5.37. The molecule has 0 fully saturated rings. The van der Waals surface area contributed by atoms with Gasteiger partial charge < -0.3 is 4.74 Å². The molecular formula is C24H26N2O3. The second-order valence-corrected chi connectivity index (χ2v) is 7.89. The summed E-state index contributed by atoms with van der Waals surface area (Å²) >= 11 is 0. The van der Waals surface area contributed by atoms with Crippen LogP contribution in [0.3, 0.4) is 0 Å². The van der Waals surface area contributed by atoms with E-state index in [0.717, 1.165) is 28.1 Å². The smallest absolute Gasteiger partial charge is 0.242 e. The summed E-state index contributed by atoms with van der Waals surface area (Å²) in [7, 11) is 5.33. The summed E-state index contributed by atoms with van der Waals surface area (Å²) in [6.45, 7) is 0. The highest BCUT2D eigenvalue weighted by atomic mass is 16.5. The Morgan fingerprint density at radius 2 is 1.66 bits per heavy atom. The molecule has 0 radical (unpaired) electrons. The van der Waals surface area contributed by atoms with E-state index in [1.165, 1.54) is 0 Å². The molecule has 1 heterocycles. The van der Waals surface area contributed by atoms with Crippen LogP contribution in [0.15, 0.2) is 65.9 Å². The lowest BCUT2D eigenvalue weighted by Gasteiger charge is -2.42. The van der Waals surface area contributed by atoms with Crippen LogP contribution in [0.1, 0.15) is 42.2 Å². The maximum absolute atomic E-state index is 13.4. The van der Waals surface area contributed by atoms with Gasteiger partial charge in [0.2, 0.25) is 5.91 Å².